The summed E-state index contributed by atoms with van der Waals surface area (Å²) in [6.07, 6.45) is 0. The number of carboxylic acids is 1. The van der Waals surface area contributed by atoms with Crippen molar-refractivity contribution in [2.45, 2.75) is 13.8 Å². The lowest BCUT2D eigenvalue weighted by Crippen LogP contribution is -2.28. The Hall–Kier alpha value is -1.75. The molecule has 0 heterocycles. The third kappa shape index (κ3) is 3.63. The highest BCUT2D eigenvalue weighted by molar-refractivity contribution is 5.95. The van der Waals surface area contributed by atoms with Gasteiger partial charge in [0.05, 0.1) is 11.3 Å². The van der Waals surface area contributed by atoms with Crippen molar-refractivity contribution in [1.29, 1.82) is 0 Å². The maximum absolute atomic E-state index is 10.9. The van der Waals surface area contributed by atoms with Crippen LogP contribution in [0.2, 0.25) is 0 Å². The minimum Gasteiger partial charge on any atom is -0.490 e. The summed E-state index contributed by atoms with van der Waals surface area (Å²) in [7, 11) is 0. The summed E-state index contributed by atoms with van der Waals surface area (Å²) in [6, 6.07) is 4.78. The normalized spacial score (nSPS) is 10.6. The Bertz CT molecular complexity index is 403. The second-order valence-corrected chi connectivity index (χ2v) is 3.90. The van der Waals surface area contributed by atoms with Crippen LogP contribution in [0.15, 0.2) is 18.2 Å². The predicted octanol–water partition coefficient (Wildman–Crippen LogP) is 1.69. The first kappa shape index (κ1) is 14.3. The molecule has 1 aromatic carbocycles. The van der Waals surface area contributed by atoms with E-state index in [4.69, 9.17) is 15.6 Å². The molecule has 5 nitrogen and oxygen atoms in total. The molecule has 0 atom stereocenters. The van der Waals surface area contributed by atoms with Gasteiger partial charge >= 0.3 is 5.97 Å². The number of hydrogen-bond acceptors (Lipinski definition) is 4. The van der Waals surface area contributed by atoms with Crippen LogP contribution in [-0.4, -0.2) is 42.2 Å². The molecule has 1 aromatic rings. The summed E-state index contributed by atoms with van der Waals surface area (Å²) in [5.41, 5.74) is 6.01. The third-order valence-electron chi connectivity index (χ3n) is 2.86. The van der Waals surface area contributed by atoms with Crippen LogP contribution in [0.5, 0.6) is 5.75 Å². The van der Waals surface area contributed by atoms with Gasteiger partial charge in [-0.1, -0.05) is 19.9 Å². The number of hydrogen-bond donors (Lipinski definition) is 2. The van der Waals surface area contributed by atoms with Crippen molar-refractivity contribution in [1.82, 2.24) is 4.90 Å². The van der Waals surface area contributed by atoms with Crippen molar-refractivity contribution in [3.8, 4) is 5.75 Å². The Morgan fingerprint density at radius 1 is 1.39 bits per heavy atom. The maximum atomic E-state index is 10.9. The van der Waals surface area contributed by atoms with Gasteiger partial charge in [-0.3, -0.25) is 0 Å². The molecule has 0 bridgehead atoms. The number of rotatable bonds is 7. The fraction of sp³-hybridized carbons (Fsp3) is 0.462. The Labute approximate surface area is 107 Å². The first-order valence-corrected chi connectivity index (χ1v) is 6.07. The number of nitrogens with zero attached hydrogens (tertiary/aromatic N) is 1. The zero-order valence-electron chi connectivity index (χ0n) is 10.8. The van der Waals surface area contributed by atoms with Gasteiger partial charge in [-0.2, -0.15) is 0 Å². The van der Waals surface area contributed by atoms with Crippen molar-refractivity contribution in [3.05, 3.63) is 23.8 Å². The van der Waals surface area contributed by atoms with Crippen LogP contribution < -0.4 is 10.5 Å². The van der Waals surface area contributed by atoms with Crippen LogP contribution in [0.25, 0.3) is 0 Å². The Balaban J connectivity index is 2.63. The van der Waals surface area contributed by atoms with Gasteiger partial charge in [-0.15, -0.1) is 0 Å². The molecule has 0 aliphatic carbocycles. The predicted molar refractivity (Wildman–Crippen MR) is 71.1 cm³/mol. The molecule has 0 radical (unpaired) electrons. The number of carboxylic acid groups (broad SMARTS) is 1. The molecule has 1 rings (SSSR count). The van der Waals surface area contributed by atoms with Gasteiger partial charge in [0.25, 0.3) is 0 Å². The number of aromatic carboxylic acids is 1. The van der Waals surface area contributed by atoms with Gasteiger partial charge in [-0.25, -0.2) is 4.79 Å². The second-order valence-electron chi connectivity index (χ2n) is 3.90. The number of ether oxygens (including phenoxy) is 1. The topological polar surface area (TPSA) is 75.8 Å². The van der Waals surface area contributed by atoms with E-state index in [0.717, 1.165) is 19.6 Å². The highest BCUT2D eigenvalue weighted by atomic mass is 16.5. The fourth-order valence-electron chi connectivity index (χ4n) is 1.68. The van der Waals surface area contributed by atoms with Crippen molar-refractivity contribution in [2.24, 2.45) is 0 Å². The van der Waals surface area contributed by atoms with E-state index in [0.29, 0.717) is 12.4 Å². The molecular formula is C13H20N2O3. The third-order valence-corrected chi connectivity index (χ3v) is 2.86. The summed E-state index contributed by atoms with van der Waals surface area (Å²) in [5, 5.41) is 8.94. The average molecular weight is 252 g/mol. The van der Waals surface area contributed by atoms with E-state index < -0.39 is 5.97 Å². The van der Waals surface area contributed by atoms with E-state index in [1.165, 1.54) is 6.07 Å². The van der Waals surface area contributed by atoms with Crippen LogP contribution in [0.3, 0.4) is 0 Å². The van der Waals surface area contributed by atoms with Crippen molar-refractivity contribution >= 4 is 11.7 Å². The van der Waals surface area contributed by atoms with Crippen LogP contribution in [0, 0.1) is 0 Å². The molecule has 0 fully saturated rings. The van der Waals surface area contributed by atoms with E-state index in [1.807, 2.05) is 0 Å². The molecule has 5 heteroatoms. The molecule has 0 spiro atoms. The lowest BCUT2D eigenvalue weighted by Gasteiger charge is -2.18. The number of para-hydroxylation sites is 1. The highest BCUT2D eigenvalue weighted by Crippen LogP contribution is 2.25. The fourth-order valence-corrected chi connectivity index (χ4v) is 1.68. The number of nitrogen functional groups attached to an aromatic ring is 1. The standard InChI is InChI=1S/C13H20N2O3/c1-3-15(4-2)8-9-18-11-7-5-6-10(12(11)14)13(16)17/h5-7H,3-4,8-9,14H2,1-2H3,(H,16,17). The molecule has 0 aromatic heterocycles. The van der Waals surface area contributed by atoms with Crippen LogP contribution in [0.1, 0.15) is 24.2 Å². The van der Waals surface area contributed by atoms with Gasteiger partial charge < -0.3 is 20.5 Å². The van der Waals surface area contributed by atoms with E-state index in [1.54, 1.807) is 12.1 Å². The lowest BCUT2D eigenvalue weighted by molar-refractivity contribution is 0.0697. The number of nitrogens with two attached hydrogens (primary N) is 1. The zero-order chi connectivity index (χ0) is 13.5. The molecule has 0 unspecified atom stereocenters. The van der Waals surface area contributed by atoms with E-state index in [9.17, 15) is 4.79 Å². The smallest absolute Gasteiger partial charge is 0.337 e. The van der Waals surface area contributed by atoms with E-state index in [2.05, 4.69) is 18.7 Å². The largest absolute Gasteiger partial charge is 0.490 e. The summed E-state index contributed by atoms with van der Waals surface area (Å²) in [5.74, 6) is -0.608. The molecule has 0 aliphatic heterocycles. The van der Waals surface area contributed by atoms with Crippen molar-refractivity contribution in [2.75, 3.05) is 32.0 Å². The SMILES string of the molecule is CCN(CC)CCOc1cccc(C(=O)O)c1N. The molecule has 0 saturated heterocycles. The molecule has 0 saturated carbocycles. The number of anilines is 1. The zero-order valence-corrected chi connectivity index (χ0v) is 10.8. The molecule has 100 valence electrons. The lowest BCUT2D eigenvalue weighted by atomic mass is 10.1. The first-order chi connectivity index (χ1) is 8.60. The number of benzene rings is 1. The summed E-state index contributed by atoms with van der Waals surface area (Å²) < 4.78 is 5.53. The van der Waals surface area contributed by atoms with Crippen LogP contribution in [0.4, 0.5) is 5.69 Å². The van der Waals surface area contributed by atoms with E-state index >= 15 is 0 Å². The van der Waals surface area contributed by atoms with Crippen LogP contribution in [-0.2, 0) is 0 Å². The summed E-state index contributed by atoms with van der Waals surface area (Å²) in [4.78, 5) is 13.1. The summed E-state index contributed by atoms with van der Waals surface area (Å²) >= 11 is 0. The molecule has 0 amide bonds. The maximum Gasteiger partial charge on any atom is 0.337 e. The Morgan fingerprint density at radius 2 is 2.06 bits per heavy atom. The molecular weight excluding hydrogens is 232 g/mol. The Kier molecular flexibility index (Phi) is 5.45. The number of carbonyl (C=O) groups is 1. The van der Waals surface area contributed by atoms with E-state index in [-0.39, 0.29) is 11.3 Å². The molecule has 18 heavy (non-hydrogen) atoms. The van der Waals surface area contributed by atoms with Gasteiger partial charge in [-0.05, 0) is 25.2 Å². The molecule has 0 aliphatic rings. The minimum absolute atomic E-state index is 0.0790. The quantitative estimate of drug-likeness (QED) is 0.722. The van der Waals surface area contributed by atoms with Gasteiger partial charge in [0.15, 0.2) is 0 Å². The minimum atomic E-state index is -1.04. The second kappa shape index (κ2) is 6.86. The van der Waals surface area contributed by atoms with Crippen molar-refractivity contribution < 1.29 is 14.6 Å². The van der Waals surface area contributed by atoms with Gasteiger partial charge in [0.1, 0.15) is 12.4 Å². The van der Waals surface area contributed by atoms with Gasteiger partial charge in [0, 0.05) is 6.54 Å². The van der Waals surface area contributed by atoms with Crippen molar-refractivity contribution in [3.63, 3.8) is 0 Å². The first-order valence-electron chi connectivity index (χ1n) is 6.07. The average Bonchev–Trinajstić information content (AvgIpc) is 2.36. The van der Waals surface area contributed by atoms with Gasteiger partial charge in [0.2, 0.25) is 0 Å². The number of likely N-dealkylation sites (N-methyl/N-ethyl adjacent to an activating group) is 1. The Morgan fingerprint density at radius 3 is 2.61 bits per heavy atom. The monoisotopic (exact) mass is 252 g/mol. The van der Waals surface area contributed by atoms with Crippen LogP contribution >= 0.6 is 0 Å². The summed E-state index contributed by atoms with van der Waals surface area (Å²) in [6.45, 7) is 7.39. The molecule has 3 N–H and O–H groups in total. The highest BCUT2D eigenvalue weighted by Gasteiger charge is 2.11.